The van der Waals surface area contributed by atoms with Crippen molar-refractivity contribution in [3.63, 3.8) is 0 Å². The minimum absolute atomic E-state index is 0.0406. The lowest BCUT2D eigenvalue weighted by molar-refractivity contribution is -0.136. The second kappa shape index (κ2) is 12.2. The Kier molecular flexibility index (Phi) is 8.74. The molecule has 2 N–H and O–H groups in total. The second-order valence-corrected chi connectivity index (χ2v) is 11.3. The smallest absolute Gasteiger partial charge is 0.304 e. The van der Waals surface area contributed by atoms with E-state index in [9.17, 15) is 14.0 Å². The molecule has 7 nitrogen and oxygen atoms in total. The van der Waals surface area contributed by atoms with E-state index in [0.29, 0.717) is 20.8 Å². The molecule has 3 aromatic heterocycles. The Balaban J connectivity index is 1.55. The van der Waals surface area contributed by atoms with E-state index in [1.165, 1.54) is 58.8 Å². The normalized spacial score (nSPS) is 10.8. The predicted molar refractivity (Wildman–Crippen MR) is 136 cm³/mol. The molecule has 0 saturated heterocycles. The summed E-state index contributed by atoms with van der Waals surface area (Å²) < 4.78 is 14.1. The van der Waals surface area contributed by atoms with Gasteiger partial charge in [-0.2, -0.15) is 0 Å². The van der Waals surface area contributed by atoms with Crippen LogP contribution in [0.1, 0.15) is 16.9 Å². The Hall–Kier alpha value is -2.93. The van der Waals surface area contributed by atoms with Crippen LogP contribution in [0.5, 0.6) is 0 Å². The van der Waals surface area contributed by atoms with Gasteiger partial charge in [0.1, 0.15) is 21.6 Å². The number of pyridine rings is 2. The van der Waals surface area contributed by atoms with E-state index in [2.05, 4.69) is 20.3 Å². The molecule has 35 heavy (non-hydrogen) atoms. The van der Waals surface area contributed by atoms with Gasteiger partial charge in [0.15, 0.2) is 5.13 Å². The summed E-state index contributed by atoms with van der Waals surface area (Å²) in [4.78, 5) is 38.4. The van der Waals surface area contributed by atoms with Crippen LogP contribution >= 0.6 is 46.6 Å². The third-order valence-corrected chi connectivity index (χ3v) is 8.25. The van der Waals surface area contributed by atoms with E-state index >= 15 is 0 Å². The minimum Gasteiger partial charge on any atom is -0.481 e. The number of carboxylic acids is 1. The zero-order valence-corrected chi connectivity index (χ0v) is 21.1. The molecule has 1 amide bonds. The van der Waals surface area contributed by atoms with Crippen LogP contribution in [0.4, 0.5) is 9.52 Å². The fourth-order valence-electron chi connectivity index (χ4n) is 2.65. The molecule has 0 saturated carbocycles. The van der Waals surface area contributed by atoms with Crippen LogP contribution in [-0.2, 0) is 4.79 Å². The number of aromatic nitrogens is 3. The number of nitrogens with zero attached hydrogens (tertiary/aromatic N) is 3. The lowest BCUT2D eigenvalue weighted by atomic mass is 10.3. The molecule has 0 aliphatic carbocycles. The molecule has 0 fully saturated rings. The van der Waals surface area contributed by atoms with Crippen LogP contribution in [0, 0.1) is 5.82 Å². The molecule has 0 radical (unpaired) electrons. The van der Waals surface area contributed by atoms with Gasteiger partial charge >= 0.3 is 5.97 Å². The summed E-state index contributed by atoms with van der Waals surface area (Å²) in [5.74, 6) is -1.23. The third kappa shape index (κ3) is 7.52. The predicted octanol–water partition coefficient (Wildman–Crippen LogP) is 6.19. The van der Waals surface area contributed by atoms with Crippen molar-refractivity contribution in [3.05, 3.63) is 78.5 Å². The van der Waals surface area contributed by atoms with Crippen molar-refractivity contribution in [2.45, 2.75) is 30.5 Å². The van der Waals surface area contributed by atoms with Crippen molar-refractivity contribution < 1.29 is 19.1 Å². The Morgan fingerprint density at radius 3 is 2.57 bits per heavy atom. The summed E-state index contributed by atoms with van der Waals surface area (Å²) in [6, 6.07) is 15.2. The maximum atomic E-state index is 13.3. The molecular weight excluding hydrogens is 528 g/mol. The largest absolute Gasteiger partial charge is 0.481 e. The first-order chi connectivity index (χ1) is 17.0. The van der Waals surface area contributed by atoms with E-state index in [1.807, 2.05) is 24.3 Å². The lowest BCUT2D eigenvalue weighted by Gasteiger charge is -2.10. The highest BCUT2D eigenvalue weighted by Crippen LogP contribution is 2.34. The van der Waals surface area contributed by atoms with Crippen molar-refractivity contribution in [3.8, 4) is 0 Å². The highest BCUT2D eigenvalue weighted by atomic mass is 32.2. The maximum absolute atomic E-state index is 13.3. The van der Waals surface area contributed by atoms with Crippen molar-refractivity contribution in [2.75, 3.05) is 11.1 Å². The zero-order valence-electron chi connectivity index (χ0n) is 17.9. The Labute approximate surface area is 217 Å². The fourth-order valence-corrected chi connectivity index (χ4v) is 6.17. The van der Waals surface area contributed by atoms with Crippen LogP contribution < -0.4 is 5.32 Å². The third-order valence-electron chi connectivity index (χ3n) is 4.20. The number of anilines is 1. The van der Waals surface area contributed by atoms with Crippen LogP contribution in [-0.4, -0.2) is 37.7 Å². The van der Waals surface area contributed by atoms with Gasteiger partial charge in [0.2, 0.25) is 0 Å². The van der Waals surface area contributed by atoms with E-state index in [1.54, 1.807) is 30.6 Å². The number of carbonyl (C=O) groups excluding carboxylic acids is 1. The number of hydrogen-bond acceptors (Lipinski definition) is 9. The first-order valence-electron chi connectivity index (χ1n) is 10.1. The van der Waals surface area contributed by atoms with E-state index in [-0.39, 0.29) is 17.9 Å². The molecule has 3 heterocycles. The number of nitrogens with one attached hydrogen (secondary N) is 1. The number of thioether (sulfide) groups is 1. The Morgan fingerprint density at radius 1 is 1.00 bits per heavy atom. The molecule has 0 bridgehead atoms. The fraction of sp³-hybridized carbons (Fsp3) is 0.0870. The summed E-state index contributed by atoms with van der Waals surface area (Å²) in [5.41, 5.74) is 0.204. The average Bonchev–Trinajstić information content (AvgIpc) is 3.29. The standard InChI is InChI=1S/C23H17FN4O3S4/c24-14-4-6-15(7-5-14)33-16-8-9-18(34-17-3-1-2-11-25-17)27-21(16)22(31)28-23-26-13-20(35-23)32-12-10-19(29)30/h1-9,11,13H,10,12H2,(H,29,30)(H,26,28,31). The maximum Gasteiger partial charge on any atom is 0.304 e. The Morgan fingerprint density at radius 2 is 1.83 bits per heavy atom. The molecule has 0 atom stereocenters. The van der Waals surface area contributed by atoms with E-state index in [4.69, 9.17) is 5.11 Å². The lowest BCUT2D eigenvalue weighted by Crippen LogP contribution is -2.15. The molecule has 12 heteroatoms. The number of amides is 1. The highest BCUT2D eigenvalue weighted by Gasteiger charge is 2.18. The molecule has 0 spiro atoms. The van der Waals surface area contributed by atoms with Gasteiger partial charge in [0.05, 0.1) is 16.8 Å². The molecule has 1 aromatic carbocycles. The molecule has 178 valence electrons. The summed E-state index contributed by atoms with van der Waals surface area (Å²) in [6.07, 6.45) is 3.32. The number of hydrogen-bond donors (Lipinski definition) is 2. The summed E-state index contributed by atoms with van der Waals surface area (Å²) >= 11 is 5.26. The number of rotatable bonds is 10. The molecule has 4 aromatic rings. The van der Waals surface area contributed by atoms with Gasteiger partial charge < -0.3 is 5.11 Å². The summed E-state index contributed by atoms with van der Waals surface area (Å²) in [7, 11) is 0. The minimum atomic E-state index is -0.865. The van der Waals surface area contributed by atoms with Gasteiger partial charge in [-0.15, -0.1) is 11.8 Å². The average molecular weight is 545 g/mol. The molecule has 4 rings (SSSR count). The summed E-state index contributed by atoms with van der Waals surface area (Å²) in [6.45, 7) is 0. The first kappa shape index (κ1) is 25.2. The first-order valence-corrected chi connectivity index (χ1v) is 13.5. The van der Waals surface area contributed by atoms with Gasteiger partial charge in [-0.05, 0) is 48.5 Å². The number of carbonyl (C=O) groups is 2. The van der Waals surface area contributed by atoms with Crippen LogP contribution in [0.3, 0.4) is 0 Å². The van der Waals surface area contributed by atoms with Crippen molar-refractivity contribution >= 4 is 63.6 Å². The van der Waals surface area contributed by atoms with Gasteiger partial charge in [0, 0.05) is 21.7 Å². The van der Waals surface area contributed by atoms with E-state index < -0.39 is 11.9 Å². The summed E-state index contributed by atoms with van der Waals surface area (Å²) in [5, 5.41) is 13.3. The van der Waals surface area contributed by atoms with Crippen LogP contribution in [0.2, 0.25) is 0 Å². The Bertz CT molecular complexity index is 1320. The number of benzene rings is 1. The van der Waals surface area contributed by atoms with Gasteiger partial charge in [-0.25, -0.2) is 19.3 Å². The zero-order chi connectivity index (χ0) is 24.6. The molecule has 0 aliphatic rings. The number of halogens is 1. The second-order valence-electron chi connectivity index (χ2n) is 6.75. The topological polar surface area (TPSA) is 105 Å². The number of thiazole rings is 1. The molecule has 0 aliphatic heterocycles. The van der Waals surface area contributed by atoms with Crippen molar-refractivity contribution in [1.82, 2.24) is 15.0 Å². The highest BCUT2D eigenvalue weighted by molar-refractivity contribution is 8.01. The van der Waals surface area contributed by atoms with Crippen LogP contribution in [0.25, 0.3) is 0 Å². The number of aliphatic carboxylic acids is 1. The van der Waals surface area contributed by atoms with E-state index in [0.717, 1.165) is 14.1 Å². The van der Waals surface area contributed by atoms with Crippen LogP contribution in [0.15, 0.2) is 91.0 Å². The van der Waals surface area contributed by atoms with Crippen molar-refractivity contribution in [2.24, 2.45) is 0 Å². The number of carboxylic acid groups (broad SMARTS) is 1. The van der Waals surface area contributed by atoms with Crippen molar-refractivity contribution in [1.29, 1.82) is 0 Å². The SMILES string of the molecule is O=C(O)CCSc1cnc(NC(=O)c2nc(Sc3ccccn3)ccc2Sc2ccc(F)cc2)s1. The molecular formula is C23H17FN4O3S4. The van der Waals surface area contributed by atoms with Gasteiger partial charge in [-0.1, -0.05) is 40.9 Å². The van der Waals surface area contributed by atoms with Gasteiger partial charge in [-0.3, -0.25) is 14.9 Å². The monoisotopic (exact) mass is 544 g/mol. The molecule has 0 unspecified atom stereocenters. The van der Waals surface area contributed by atoms with Gasteiger partial charge in [0.25, 0.3) is 5.91 Å². The quantitative estimate of drug-likeness (QED) is 0.226.